The van der Waals surface area contributed by atoms with E-state index in [1.807, 2.05) is 6.07 Å². The largest absolute Gasteiger partial charge is 0.508 e. The maximum atomic E-state index is 11.9. The molecule has 0 saturated carbocycles. The lowest BCUT2D eigenvalue weighted by Gasteiger charge is -2.03. The topological polar surface area (TPSA) is 87.0 Å². The number of aliphatic hydroxyl groups excluding tert-OH is 2. The summed E-state index contributed by atoms with van der Waals surface area (Å²) >= 11 is 3.33. The summed E-state index contributed by atoms with van der Waals surface area (Å²) in [6.07, 6.45) is 6.99. The van der Waals surface area contributed by atoms with Gasteiger partial charge in [0.25, 0.3) is 0 Å². The molecule has 2 aromatic rings. The molecule has 2 aromatic carbocycles. The number of hydrogen-bond donors (Lipinski definition) is 3. The van der Waals surface area contributed by atoms with E-state index in [1.165, 1.54) is 25.3 Å². The van der Waals surface area contributed by atoms with Gasteiger partial charge in [0.2, 0.25) is 0 Å². The number of phenolic OH excluding ortho intramolecular Hbond substituents is 1. The van der Waals surface area contributed by atoms with Gasteiger partial charge in [0.1, 0.15) is 5.76 Å². The van der Waals surface area contributed by atoms with Crippen LogP contribution in [0.2, 0.25) is 0 Å². The molecular formula is C21H19BrO5. The lowest BCUT2D eigenvalue weighted by atomic mass is 10.1. The van der Waals surface area contributed by atoms with Gasteiger partial charge in [0.05, 0.1) is 13.7 Å². The quantitative estimate of drug-likeness (QED) is 0.344. The molecular weight excluding hydrogens is 412 g/mol. The smallest absolute Gasteiger partial charge is 0.182 e. The van der Waals surface area contributed by atoms with E-state index >= 15 is 0 Å². The second-order valence-electron chi connectivity index (χ2n) is 5.58. The van der Waals surface area contributed by atoms with Crippen LogP contribution in [0.5, 0.6) is 11.5 Å². The molecule has 0 fully saturated rings. The van der Waals surface area contributed by atoms with Crippen LogP contribution in [0.3, 0.4) is 0 Å². The fraction of sp³-hybridized carbons (Fsp3) is 0.0952. The van der Waals surface area contributed by atoms with Crippen molar-refractivity contribution < 1.29 is 24.9 Å². The maximum absolute atomic E-state index is 11.9. The van der Waals surface area contributed by atoms with Gasteiger partial charge in [0.15, 0.2) is 17.3 Å². The molecule has 5 nitrogen and oxygen atoms in total. The van der Waals surface area contributed by atoms with Gasteiger partial charge in [-0.1, -0.05) is 40.2 Å². The van der Waals surface area contributed by atoms with Gasteiger partial charge in [0, 0.05) is 10.5 Å². The Morgan fingerprint density at radius 1 is 1.11 bits per heavy atom. The number of ketones is 1. The zero-order valence-corrected chi connectivity index (χ0v) is 16.2. The highest BCUT2D eigenvalue weighted by molar-refractivity contribution is 9.10. The highest BCUT2D eigenvalue weighted by atomic mass is 79.9. The number of aromatic hydroxyl groups is 1. The molecule has 0 bridgehead atoms. The molecule has 0 heterocycles. The molecule has 140 valence electrons. The number of methoxy groups -OCH3 is 1. The number of rotatable bonds is 7. The minimum absolute atomic E-state index is 0.0148. The van der Waals surface area contributed by atoms with Crippen LogP contribution in [-0.2, 0) is 11.4 Å². The predicted octanol–water partition coefficient (Wildman–Crippen LogP) is 4.39. The van der Waals surface area contributed by atoms with Crippen LogP contribution in [0.25, 0.3) is 12.2 Å². The van der Waals surface area contributed by atoms with Gasteiger partial charge in [-0.2, -0.15) is 0 Å². The summed E-state index contributed by atoms with van der Waals surface area (Å²) in [4.78, 5) is 11.9. The Bertz CT molecular complexity index is 913. The Hall–Kier alpha value is -2.83. The number of allylic oxidation sites excluding steroid dienone is 3. The standard InChI is InChI=1S/C21H19BrO5/c1-27-21-11-15(5-9-20(21)26)3-7-18(25)12-17(24)6-2-14-4-8-19(22)16(10-14)13-23/h2-12,23-24,26H,13H2,1H3/b6-2+,7-3+,17-12-. The first-order valence-corrected chi connectivity index (χ1v) is 8.79. The summed E-state index contributed by atoms with van der Waals surface area (Å²) in [5, 5.41) is 28.7. The van der Waals surface area contributed by atoms with Crippen molar-refractivity contribution in [2.75, 3.05) is 7.11 Å². The molecule has 0 spiro atoms. The molecule has 0 unspecified atom stereocenters. The summed E-state index contributed by atoms with van der Waals surface area (Å²) < 4.78 is 5.81. The summed E-state index contributed by atoms with van der Waals surface area (Å²) in [5.41, 5.74) is 2.18. The summed E-state index contributed by atoms with van der Waals surface area (Å²) in [5.74, 6) is -0.263. The van der Waals surface area contributed by atoms with Crippen LogP contribution in [-0.4, -0.2) is 28.2 Å². The van der Waals surface area contributed by atoms with E-state index in [2.05, 4.69) is 15.9 Å². The predicted molar refractivity (Wildman–Crippen MR) is 109 cm³/mol. The molecule has 0 saturated heterocycles. The third-order valence-corrected chi connectivity index (χ3v) is 4.39. The van der Waals surface area contributed by atoms with Crippen molar-refractivity contribution in [1.29, 1.82) is 0 Å². The van der Waals surface area contributed by atoms with E-state index in [-0.39, 0.29) is 18.1 Å². The molecule has 0 aliphatic rings. The zero-order chi connectivity index (χ0) is 19.8. The van der Waals surface area contributed by atoms with E-state index in [9.17, 15) is 20.1 Å². The van der Waals surface area contributed by atoms with Crippen LogP contribution < -0.4 is 4.74 Å². The molecule has 0 aliphatic carbocycles. The number of benzene rings is 2. The van der Waals surface area contributed by atoms with Gasteiger partial charge in [-0.3, -0.25) is 4.79 Å². The summed E-state index contributed by atoms with van der Waals surface area (Å²) in [7, 11) is 1.44. The fourth-order valence-corrected chi connectivity index (χ4v) is 2.59. The average Bonchev–Trinajstić information content (AvgIpc) is 2.66. The number of carbonyl (C=O) groups excluding carboxylic acids is 1. The van der Waals surface area contributed by atoms with E-state index in [0.717, 1.165) is 21.7 Å². The monoisotopic (exact) mass is 430 g/mol. The van der Waals surface area contributed by atoms with Crippen molar-refractivity contribution in [2.24, 2.45) is 0 Å². The second-order valence-corrected chi connectivity index (χ2v) is 6.43. The Labute approximate surface area is 165 Å². The number of ether oxygens (including phenoxy) is 1. The number of hydrogen-bond acceptors (Lipinski definition) is 5. The van der Waals surface area contributed by atoms with Crippen LogP contribution in [0.1, 0.15) is 16.7 Å². The highest BCUT2D eigenvalue weighted by Crippen LogP contribution is 2.26. The zero-order valence-electron chi connectivity index (χ0n) is 14.6. The van der Waals surface area contributed by atoms with Gasteiger partial charge in [-0.25, -0.2) is 0 Å². The van der Waals surface area contributed by atoms with Gasteiger partial charge in [-0.15, -0.1) is 0 Å². The van der Waals surface area contributed by atoms with Crippen molar-refractivity contribution in [3.63, 3.8) is 0 Å². The lowest BCUT2D eigenvalue weighted by molar-refractivity contribution is -0.110. The third kappa shape index (κ3) is 6.13. The van der Waals surface area contributed by atoms with Crippen LogP contribution in [0, 0.1) is 0 Å². The number of carbonyl (C=O) groups is 1. The molecule has 2 rings (SSSR count). The summed E-state index contributed by atoms with van der Waals surface area (Å²) in [6, 6.07) is 10.1. The summed E-state index contributed by atoms with van der Waals surface area (Å²) in [6.45, 7) is -0.102. The fourth-order valence-electron chi connectivity index (χ4n) is 2.22. The number of halogens is 1. The average molecular weight is 431 g/mol. The van der Waals surface area contributed by atoms with Crippen molar-refractivity contribution in [2.45, 2.75) is 6.61 Å². The third-order valence-electron chi connectivity index (χ3n) is 3.62. The van der Waals surface area contributed by atoms with E-state index in [4.69, 9.17) is 4.74 Å². The second kappa shape index (κ2) is 9.75. The van der Waals surface area contributed by atoms with Gasteiger partial charge >= 0.3 is 0 Å². The molecule has 0 atom stereocenters. The van der Waals surface area contributed by atoms with Crippen molar-refractivity contribution in [1.82, 2.24) is 0 Å². The first kappa shape index (κ1) is 20.5. The molecule has 27 heavy (non-hydrogen) atoms. The molecule has 0 amide bonds. The normalized spacial score (nSPS) is 12.0. The minimum atomic E-state index is -0.393. The first-order chi connectivity index (χ1) is 12.9. The van der Waals surface area contributed by atoms with E-state index < -0.39 is 5.78 Å². The molecule has 0 aliphatic heterocycles. The molecule has 0 aromatic heterocycles. The van der Waals surface area contributed by atoms with Crippen LogP contribution >= 0.6 is 15.9 Å². The van der Waals surface area contributed by atoms with Gasteiger partial charge < -0.3 is 20.1 Å². The number of aliphatic hydroxyl groups is 2. The Kier molecular flexibility index (Phi) is 7.40. The minimum Gasteiger partial charge on any atom is -0.508 e. The SMILES string of the molecule is COc1cc(/C=C/C(=O)/C=C(O)/C=C/c2ccc(Br)c(CO)c2)ccc1O. The van der Waals surface area contributed by atoms with Crippen molar-refractivity contribution >= 4 is 33.9 Å². The van der Waals surface area contributed by atoms with Crippen molar-refractivity contribution in [3.05, 3.63) is 81.5 Å². The Morgan fingerprint density at radius 2 is 1.78 bits per heavy atom. The molecule has 0 radical (unpaired) electrons. The van der Waals surface area contributed by atoms with Crippen LogP contribution in [0.4, 0.5) is 0 Å². The molecule has 3 N–H and O–H groups in total. The Balaban J connectivity index is 2.05. The highest BCUT2D eigenvalue weighted by Gasteiger charge is 2.02. The van der Waals surface area contributed by atoms with Crippen molar-refractivity contribution in [3.8, 4) is 11.5 Å². The maximum Gasteiger partial charge on any atom is 0.182 e. The Morgan fingerprint density at radius 3 is 2.48 bits per heavy atom. The van der Waals surface area contributed by atoms with E-state index in [0.29, 0.717) is 11.3 Å². The van der Waals surface area contributed by atoms with Crippen LogP contribution in [0.15, 0.2) is 64.9 Å². The van der Waals surface area contributed by atoms with E-state index in [1.54, 1.807) is 36.4 Å². The number of phenols is 1. The van der Waals surface area contributed by atoms with Gasteiger partial charge in [-0.05, 0) is 53.1 Å². The molecule has 6 heteroatoms. The first-order valence-electron chi connectivity index (χ1n) is 8.00. The lowest BCUT2D eigenvalue weighted by Crippen LogP contribution is -1.89.